The maximum absolute atomic E-state index is 6.06. The summed E-state index contributed by atoms with van der Waals surface area (Å²) in [5.74, 6) is 1.42. The van der Waals surface area contributed by atoms with Gasteiger partial charge in [-0.3, -0.25) is 5.10 Å². The summed E-state index contributed by atoms with van der Waals surface area (Å²) in [5, 5.41) is 12.2. The fourth-order valence-electron chi connectivity index (χ4n) is 2.22. The Morgan fingerprint density at radius 3 is 2.88 bits per heavy atom. The van der Waals surface area contributed by atoms with Crippen LogP contribution in [0.5, 0.6) is 0 Å². The van der Waals surface area contributed by atoms with Crippen LogP contribution in [0.4, 0.5) is 0 Å². The Balaban J connectivity index is 1.52. The molecule has 0 atom stereocenters. The molecule has 0 saturated heterocycles. The van der Waals surface area contributed by atoms with Gasteiger partial charge in [-0.2, -0.15) is 5.10 Å². The van der Waals surface area contributed by atoms with Crippen molar-refractivity contribution in [2.24, 2.45) is 5.16 Å². The molecule has 0 aliphatic carbocycles. The Morgan fingerprint density at radius 2 is 2.08 bits per heavy atom. The van der Waals surface area contributed by atoms with Crippen LogP contribution in [0, 0.1) is 6.92 Å². The number of halogens is 2. The Hall–Kier alpha value is -2.37. The van der Waals surface area contributed by atoms with Crippen molar-refractivity contribution in [1.82, 2.24) is 15.2 Å². The third-order valence-corrected chi connectivity index (χ3v) is 4.03. The quantitative estimate of drug-likeness (QED) is 0.387. The molecule has 0 saturated carbocycles. The summed E-state index contributed by atoms with van der Waals surface area (Å²) in [6, 6.07) is 13.2. The van der Waals surface area contributed by atoms with Gasteiger partial charge in [-0.15, -0.1) is 0 Å². The van der Waals surface area contributed by atoms with Gasteiger partial charge in [0.15, 0.2) is 5.82 Å². The molecule has 0 bridgehead atoms. The van der Waals surface area contributed by atoms with E-state index < -0.39 is 0 Å². The second-order valence-electron chi connectivity index (χ2n) is 5.46. The molecular weight excluding hydrogens is 359 g/mol. The summed E-state index contributed by atoms with van der Waals surface area (Å²) in [6.07, 6.45) is 2.13. The molecule has 7 heteroatoms. The Bertz CT molecular complexity index is 892. The normalized spacial score (nSPS) is 11.2. The lowest BCUT2D eigenvalue weighted by Gasteiger charge is -1.99. The number of aromatic amines is 1. The highest BCUT2D eigenvalue weighted by Gasteiger charge is 2.06. The van der Waals surface area contributed by atoms with Crippen molar-refractivity contribution in [2.75, 3.05) is 6.61 Å². The second kappa shape index (κ2) is 8.14. The van der Waals surface area contributed by atoms with Gasteiger partial charge in [0, 0.05) is 22.6 Å². The summed E-state index contributed by atoms with van der Waals surface area (Å²) < 4.78 is 0. The number of hydrogen-bond acceptors (Lipinski definition) is 4. The first kappa shape index (κ1) is 17.5. The first-order valence-corrected chi connectivity index (χ1v) is 8.46. The summed E-state index contributed by atoms with van der Waals surface area (Å²) in [5.41, 5.74) is 2.90. The second-order valence-corrected chi connectivity index (χ2v) is 6.30. The predicted molar refractivity (Wildman–Crippen MR) is 100 cm³/mol. The van der Waals surface area contributed by atoms with Crippen molar-refractivity contribution in [2.45, 2.75) is 13.3 Å². The molecule has 3 aromatic rings. The molecule has 0 fully saturated rings. The maximum atomic E-state index is 6.06. The molecule has 0 aliphatic rings. The monoisotopic (exact) mass is 374 g/mol. The van der Waals surface area contributed by atoms with Gasteiger partial charge >= 0.3 is 0 Å². The van der Waals surface area contributed by atoms with Crippen molar-refractivity contribution < 1.29 is 4.84 Å². The highest BCUT2D eigenvalue weighted by molar-refractivity contribution is 6.36. The molecule has 0 aliphatic heterocycles. The van der Waals surface area contributed by atoms with Gasteiger partial charge in [-0.05, 0) is 25.1 Å². The van der Waals surface area contributed by atoms with Crippen LogP contribution < -0.4 is 0 Å². The fourth-order valence-corrected chi connectivity index (χ4v) is 2.67. The molecule has 5 nitrogen and oxygen atoms in total. The summed E-state index contributed by atoms with van der Waals surface area (Å²) >= 11 is 11.9. The molecular formula is C18H16Cl2N4O. The number of hydrogen-bond donors (Lipinski definition) is 1. The van der Waals surface area contributed by atoms with Crippen LogP contribution in [0.1, 0.15) is 17.0 Å². The molecule has 1 aromatic heterocycles. The minimum atomic E-state index is 0.379. The van der Waals surface area contributed by atoms with Crippen LogP contribution in [-0.4, -0.2) is 28.0 Å². The standard InChI is InChI=1S/C18H16Cl2N4O/c1-12-3-2-4-13(9-12)18-22-17(23-24-18)7-8-25-21-11-14-5-6-15(19)10-16(14)20/h2-6,9-11H,7-8H2,1H3,(H,22,23,24)/b21-11+. The molecule has 2 aromatic carbocycles. The van der Waals surface area contributed by atoms with E-state index in [-0.39, 0.29) is 0 Å². The lowest BCUT2D eigenvalue weighted by molar-refractivity contribution is 0.148. The highest BCUT2D eigenvalue weighted by atomic mass is 35.5. The van der Waals surface area contributed by atoms with Gasteiger partial charge < -0.3 is 4.84 Å². The van der Waals surface area contributed by atoms with E-state index in [0.717, 1.165) is 17.0 Å². The smallest absolute Gasteiger partial charge is 0.181 e. The van der Waals surface area contributed by atoms with Crippen molar-refractivity contribution in [3.8, 4) is 11.4 Å². The third-order valence-electron chi connectivity index (χ3n) is 3.47. The molecule has 0 amide bonds. The van der Waals surface area contributed by atoms with Crippen LogP contribution in [0.15, 0.2) is 47.6 Å². The van der Waals surface area contributed by atoms with E-state index in [9.17, 15) is 0 Å². The van der Waals surface area contributed by atoms with E-state index in [1.54, 1.807) is 24.4 Å². The summed E-state index contributed by atoms with van der Waals surface area (Å²) in [6.45, 7) is 2.42. The average molecular weight is 375 g/mol. The van der Waals surface area contributed by atoms with Gasteiger partial charge in [-0.25, -0.2) is 4.98 Å². The van der Waals surface area contributed by atoms with Gasteiger partial charge in [0.1, 0.15) is 12.4 Å². The first-order valence-electron chi connectivity index (χ1n) is 7.70. The fraction of sp³-hybridized carbons (Fsp3) is 0.167. The molecule has 3 rings (SSSR count). The predicted octanol–water partition coefficient (Wildman–Crippen LogP) is 4.68. The molecule has 0 spiro atoms. The minimum absolute atomic E-state index is 0.379. The van der Waals surface area contributed by atoms with E-state index in [4.69, 9.17) is 28.0 Å². The van der Waals surface area contributed by atoms with Crippen LogP contribution in [0.25, 0.3) is 11.4 Å². The Labute approximate surface area is 155 Å². The van der Waals surface area contributed by atoms with E-state index in [0.29, 0.717) is 28.9 Å². The summed E-state index contributed by atoms with van der Waals surface area (Å²) in [7, 11) is 0. The van der Waals surface area contributed by atoms with Crippen LogP contribution in [0.2, 0.25) is 10.0 Å². The van der Waals surface area contributed by atoms with Gasteiger partial charge in [0.05, 0.1) is 11.2 Å². The Morgan fingerprint density at radius 1 is 1.20 bits per heavy atom. The SMILES string of the molecule is Cc1cccc(-c2n[nH]c(CCO/N=C/c3ccc(Cl)cc3Cl)n2)c1. The number of H-pyrrole nitrogens is 1. The van der Waals surface area contributed by atoms with Crippen molar-refractivity contribution in [1.29, 1.82) is 0 Å². The zero-order chi connectivity index (χ0) is 17.6. The van der Waals surface area contributed by atoms with Crippen LogP contribution in [-0.2, 0) is 11.3 Å². The van der Waals surface area contributed by atoms with Crippen molar-refractivity contribution in [3.05, 3.63) is 69.5 Å². The number of aromatic nitrogens is 3. The topological polar surface area (TPSA) is 63.2 Å². The number of aryl methyl sites for hydroxylation is 1. The number of benzene rings is 2. The molecule has 0 radical (unpaired) electrons. The average Bonchev–Trinajstić information content (AvgIpc) is 3.05. The number of nitrogens with zero attached hydrogens (tertiary/aromatic N) is 3. The van der Waals surface area contributed by atoms with Crippen molar-refractivity contribution in [3.63, 3.8) is 0 Å². The number of nitrogens with one attached hydrogen (secondary N) is 1. The van der Waals surface area contributed by atoms with E-state index in [2.05, 4.69) is 20.3 Å². The van der Waals surface area contributed by atoms with Gasteiger partial charge in [0.2, 0.25) is 0 Å². The number of oxime groups is 1. The molecule has 128 valence electrons. The Kier molecular flexibility index (Phi) is 5.68. The van der Waals surface area contributed by atoms with E-state index in [1.165, 1.54) is 5.56 Å². The van der Waals surface area contributed by atoms with Gasteiger partial charge in [-0.1, -0.05) is 58.2 Å². The highest BCUT2D eigenvalue weighted by Crippen LogP contribution is 2.19. The molecule has 1 N–H and O–H groups in total. The molecule has 25 heavy (non-hydrogen) atoms. The molecule has 1 heterocycles. The largest absolute Gasteiger partial charge is 0.395 e. The lowest BCUT2D eigenvalue weighted by Crippen LogP contribution is -1.97. The van der Waals surface area contributed by atoms with Crippen molar-refractivity contribution >= 4 is 29.4 Å². The lowest BCUT2D eigenvalue weighted by atomic mass is 10.1. The van der Waals surface area contributed by atoms with Crippen LogP contribution >= 0.6 is 23.2 Å². The number of rotatable bonds is 6. The van der Waals surface area contributed by atoms with E-state index >= 15 is 0 Å². The maximum Gasteiger partial charge on any atom is 0.181 e. The third kappa shape index (κ3) is 4.81. The zero-order valence-corrected chi connectivity index (χ0v) is 15.1. The first-order chi connectivity index (χ1) is 12.1. The van der Waals surface area contributed by atoms with E-state index in [1.807, 2.05) is 31.2 Å². The zero-order valence-electron chi connectivity index (χ0n) is 13.5. The minimum Gasteiger partial charge on any atom is -0.395 e. The molecule has 0 unspecified atom stereocenters. The van der Waals surface area contributed by atoms with Gasteiger partial charge in [0.25, 0.3) is 0 Å². The summed E-state index contributed by atoms with van der Waals surface area (Å²) in [4.78, 5) is 9.72. The van der Waals surface area contributed by atoms with Crippen LogP contribution in [0.3, 0.4) is 0 Å².